The lowest BCUT2D eigenvalue weighted by molar-refractivity contribution is -0.138. The number of hydrogen-bond donors (Lipinski definition) is 2. The van der Waals surface area contributed by atoms with E-state index in [0.717, 1.165) is 12.8 Å². The monoisotopic (exact) mass is 244 g/mol. The molecule has 0 saturated carbocycles. The van der Waals surface area contributed by atoms with E-state index in [1.54, 1.807) is 0 Å². The molecule has 1 atom stereocenters. The molecule has 0 spiro atoms. The second-order valence-electron chi connectivity index (χ2n) is 4.20. The van der Waals surface area contributed by atoms with Gasteiger partial charge in [-0.15, -0.1) is 0 Å². The highest BCUT2D eigenvalue weighted by Crippen LogP contribution is 1.97. The zero-order valence-electron chi connectivity index (χ0n) is 11.9. The Hall–Kier alpha value is -0.900. The Bertz CT molecular complexity index is 215. The highest BCUT2D eigenvalue weighted by Gasteiger charge is 2.20. The van der Waals surface area contributed by atoms with Crippen LogP contribution in [0.1, 0.15) is 53.9 Å². The van der Waals surface area contributed by atoms with Gasteiger partial charge >= 0.3 is 0 Å². The second-order valence-corrected chi connectivity index (χ2v) is 4.20. The van der Waals surface area contributed by atoms with Crippen molar-refractivity contribution in [3.63, 3.8) is 0 Å². The first-order chi connectivity index (χ1) is 7.99. The fourth-order valence-corrected chi connectivity index (χ4v) is 1.17. The summed E-state index contributed by atoms with van der Waals surface area (Å²) in [4.78, 5) is 22.7. The Morgan fingerprint density at radius 3 is 2.12 bits per heavy atom. The van der Waals surface area contributed by atoms with E-state index < -0.39 is 17.7 Å². The molecule has 0 radical (unpaired) electrons. The van der Waals surface area contributed by atoms with Gasteiger partial charge in [-0.25, -0.2) is 0 Å². The van der Waals surface area contributed by atoms with Crippen LogP contribution in [0.15, 0.2) is 0 Å². The van der Waals surface area contributed by atoms with Crippen molar-refractivity contribution < 1.29 is 9.59 Å². The van der Waals surface area contributed by atoms with Crippen LogP contribution in [0, 0.1) is 5.92 Å². The fraction of sp³-hybridized carbons (Fsp3) is 0.846. The lowest BCUT2D eigenvalue weighted by Crippen LogP contribution is -2.42. The quantitative estimate of drug-likeness (QED) is 0.672. The molecule has 0 fully saturated rings. The molecule has 0 aromatic heterocycles. The molecule has 4 heteroatoms. The van der Waals surface area contributed by atoms with Crippen molar-refractivity contribution >= 4 is 11.7 Å². The highest BCUT2D eigenvalue weighted by atomic mass is 16.2. The minimum atomic E-state index is -0.644. The summed E-state index contributed by atoms with van der Waals surface area (Å²) in [6, 6.07) is -0.644. The van der Waals surface area contributed by atoms with Gasteiger partial charge < -0.3 is 11.1 Å². The van der Waals surface area contributed by atoms with E-state index in [9.17, 15) is 9.59 Å². The molecule has 0 heterocycles. The normalized spacial score (nSPS) is 11.5. The minimum Gasteiger partial charge on any atom is -0.349 e. The van der Waals surface area contributed by atoms with Crippen LogP contribution in [0.4, 0.5) is 0 Å². The number of nitrogens with one attached hydrogen (secondary N) is 1. The molecule has 102 valence electrons. The van der Waals surface area contributed by atoms with Crippen molar-refractivity contribution in [1.29, 1.82) is 0 Å². The van der Waals surface area contributed by atoms with E-state index in [0.29, 0.717) is 18.9 Å². The number of ketones is 1. The van der Waals surface area contributed by atoms with Crippen LogP contribution in [0.25, 0.3) is 0 Å². The minimum absolute atomic E-state index is 0.499. The number of Topliss-reactive ketones (excluding diaryl/α,β-unsaturated/α-hetero) is 1. The summed E-state index contributed by atoms with van der Waals surface area (Å²) >= 11 is 0. The zero-order chi connectivity index (χ0) is 13.8. The van der Waals surface area contributed by atoms with Gasteiger partial charge in [0.25, 0.3) is 5.91 Å². The Kier molecular flexibility index (Phi) is 12.6. The van der Waals surface area contributed by atoms with Gasteiger partial charge in [0.15, 0.2) is 0 Å². The summed E-state index contributed by atoms with van der Waals surface area (Å²) < 4.78 is 0. The van der Waals surface area contributed by atoms with E-state index in [1.807, 2.05) is 20.8 Å². The van der Waals surface area contributed by atoms with Gasteiger partial charge in [0.1, 0.15) is 0 Å². The molecule has 4 nitrogen and oxygen atoms in total. The van der Waals surface area contributed by atoms with E-state index >= 15 is 0 Å². The van der Waals surface area contributed by atoms with E-state index in [1.165, 1.54) is 0 Å². The number of amides is 1. The van der Waals surface area contributed by atoms with Crippen molar-refractivity contribution in [2.75, 3.05) is 6.54 Å². The summed E-state index contributed by atoms with van der Waals surface area (Å²) in [5.74, 6) is -0.526. The van der Waals surface area contributed by atoms with Gasteiger partial charge in [-0.2, -0.15) is 0 Å². The predicted octanol–water partition coefficient (Wildman–Crippen LogP) is 1.87. The Balaban J connectivity index is 0. The lowest BCUT2D eigenvalue weighted by Gasteiger charge is -2.10. The average molecular weight is 244 g/mol. The number of carbonyl (C=O) groups excluding carboxylic acids is 2. The molecule has 1 unspecified atom stereocenters. The molecule has 0 aromatic carbocycles. The Morgan fingerprint density at radius 2 is 1.71 bits per heavy atom. The van der Waals surface area contributed by atoms with E-state index in [2.05, 4.69) is 19.2 Å². The highest BCUT2D eigenvalue weighted by molar-refractivity contribution is 6.38. The third-order valence-electron chi connectivity index (χ3n) is 2.17. The lowest BCUT2D eigenvalue weighted by atomic mass is 10.1. The molecular weight excluding hydrogens is 216 g/mol. The third kappa shape index (κ3) is 10.00. The maximum atomic E-state index is 11.4. The number of hydrogen-bond acceptors (Lipinski definition) is 3. The summed E-state index contributed by atoms with van der Waals surface area (Å²) in [6.07, 6.45) is 2.25. The van der Waals surface area contributed by atoms with Crippen LogP contribution in [0.2, 0.25) is 0 Å². The largest absolute Gasteiger partial charge is 0.349 e. The molecule has 0 bridgehead atoms. The SMILES string of the molecule is CC.CCCC(N)C(=O)C(=O)NCCC(C)C. The maximum Gasteiger partial charge on any atom is 0.289 e. The van der Waals surface area contributed by atoms with Crippen molar-refractivity contribution in [3.05, 3.63) is 0 Å². The number of carbonyl (C=O) groups is 2. The van der Waals surface area contributed by atoms with Crippen molar-refractivity contribution in [3.8, 4) is 0 Å². The first-order valence-electron chi connectivity index (χ1n) is 6.56. The first kappa shape index (κ1) is 18.5. The van der Waals surface area contributed by atoms with Gasteiger partial charge in [0.05, 0.1) is 6.04 Å². The van der Waals surface area contributed by atoms with Crippen LogP contribution in [0.5, 0.6) is 0 Å². The fourth-order valence-electron chi connectivity index (χ4n) is 1.17. The smallest absolute Gasteiger partial charge is 0.289 e. The van der Waals surface area contributed by atoms with Gasteiger partial charge in [-0.05, 0) is 18.8 Å². The van der Waals surface area contributed by atoms with Crippen LogP contribution in [-0.4, -0.2) is 24.3 Å². The van der Waals surface area contributed by atoms with Crippen LogP contribution in [-0.2, 0) is 9.59 Å². The zero-order valence-corrected chi connectivity index (χ0v) is 11.9. The molecule has 0 saturated heterocycles. The molecule has 0 rings (SSSR count). The van der Waals surface area contributed by atoms with E-state index in [-0.39, 0.29) is 0 Å². The summed E-state index contributed by atoms with van der Waals surface area (Å²) in [7, 11) is 0. The standard InChI is InChI=1S/C11H22N2O2.C2H6/c1-4-5-9(12)10(14)11(15)13-7-6-8(2)3;1-2/h8-9H,4-7,12H2,1-3H3,(H,13,15);1-2H3. The molecule has 0 aliphatic heterocycles. The second kappa shape index (κ2) is 11.6. The van der Waals surface area contributed by atoms with Gasteiger partial charge in [-0.1, -0.05) is 41.0 Å². The molecule has 0 aliphatic rings. The molecular formula is C13H28N2O2. The first-order valence-corrected chi connectivity index (χ1v) is 6.56. The van der Waals surface area contributed by atoms with Gasteiger partial charge in [-0.3, -0.25) is 9.59 Å². The average Bonchev–Trinajstić information content (AvgIpc) is 2.30. The maximum absolute atomic E-state index is 11.4. The summed E-state index contributed by atoms with van der Waals surface area (Å²) in [6.45, 7) is 10.6. The van der Waals surface area contributed by atoms with Crippen molar-refractivity contribution in [2.45, 2.75) is 59.9 Å². The van der Waals surface area contributed by atoms with Gasteiger partial charge in [0.2, 0.25) is 5.78 Å². The summed E-state index contributed by atoms with van der Waals surface area (Å²) in [5.41, 5.74) is 5.55. The van der Waals surface area contributed by atoms with Crippen molar-refractivity contribution in [2.24, 2.45) is 11.7 Å². The molecule has 0 aromatic rings. The van der Waals surface area contributed by atoms with E-state index in [4.69, 9.17) is 5.73 Å². The third-order valence-corrected chi connectivity index (χ3v) is 2.17. The van der Waals surface area contributed by atoms with Crippen molar-refractivity contribution in [1.82, 2.24) is 5.32 Å². The molecule has 0 aliphatic carbocycles. The molecule has 1 amide bonds. The number of nitrogens with two attached hydrogens (primary N) is 1. The Labute approximate surface area is 105 Å². The molecule has 3 N–H and O–H groups in total. The van der Waals surface area contributed by atoms with Gasteiger partial charge in [0, 0.05) is 6.54 Å². The Morgan fingerprint density at radius 1 is 1.18 bits per heavy atom. The molecule has 17 heavy (non-hydrogen) atoms. The van der Waals surface area contributed by atoms with Crippen LogP contribution in [0.3, 0.4) is 0 Å². The predicted molar refractivity (Wildman–Crippen MR) is 71.7 cm³/mol. The van der Waals surface area contributed by atoms with Crippen LogP contribution < -0.4 is 11.1 Å². The summed E-state index contributed by atoms with van der Waals surface area (Å²) in [5, 5.41) is 2.58. The topological polar surface area (TPSA) is 72.2 Å². The van der Waals surface area contributed by atoms with Crippen LogP contribution >= 0.6 is 0 Å². The number of rotatable bonds is 7.